The van der Waals surface area contributed by atoms with Crippen molar-refractivity contribution < 1.29 is 13.2 Å². The molecular formula is C16H26N2O3S. The summed E-state index contributed by atoms with van der Waals surface area (Å²) in [6, 6.07) is 5.79. The number of carbonyl (C=O) groups excluding carboxylic acids is 1. The van der Waals surface area contributed by atoms with Gasteiger partial charge >= 0.3 is 0 Å². The van der Waals surface area contributed by atoms with E-state index in [9.17, 15) is 13.2 Å². The zero-order valence-corrected chi connectivity index (χ0v) is 14.7. The number of hydrogen-bond acceptors (Lipinski definition) is 3. The summed E-state index contributed by atoms with van der Waals surface area (Å²) in [6.07, 6.45) is 3.86. The van der Waals surface area contributed by atoms with Crippen LogP contribution >= 0.6 is 0 Å². The minimum Gasteiger partial charge on any atom is -0.325 e. The molecule has 1 amide bonds. The fourth-order valence-electron chi connectivity index (χ4n) is 2.12. The van der Waals surface area contributed by atoms with Gasteiger partial charge in [0.25, 0.3) is 0 Å². The second kappa shape index (κ2) is 8.29. The summed E-state index contributed by atoms with van der Waals surface area (Å²) in [5.74, 6) is -0.310. The maximum atomic E-state index is 12.1. The number of unbranched alkanes of at least 4 members (excludes halogenated alkanes) is 2. The molecule has 0 bridgehead atoms. The highest BCUT2D eigenvalue weighted by atomic mass is 32.2. The van der Waals surface area contributed by atoms with Crippen LogP contribution in [0.2, 0.25) is 0 Å². The van der Waals surface area contributed by atoms with Gasteiger partial charge in [0.1, 0.15) is 0 Å². The molecule has 0 radical (unpaired) electrons. The average molecular weight is 326 g/mol. The highest BCUT2D eigenvalue weighted by molar-refractivity contribution is 7.88. The standard InChI is InChI=1S/C16H26N2O3S/c1-5-6-7-10-18(22(4,20)21)12-16(19)17-15-11-13(2)8-9-14(15)3/h8-9,11H,5-7,10,12H2,1-4H3,(H,17,19). The van der Waals surface area contributed by atoms with Crippen LogP contribution in [0.4, 0.5) is 5.69 Å². The van der Waals surface area contributed by atoms with Crippen LogP contribution in [0, 0.1) is 13.8 Å². The number of anilines is 1. The summed E-state index contributed by atoms with van der Waals surface area (Å²) in [5.41, 5.74) is 2.73. The van der Waals surface area contributed by atoms with Crippen molar-refractivity contribution in [1.82, 2.24) is 4.31 Å². The van der Waals surface area contributed by atoms with Gasteiger partial charge in [-0.25, -0.2) is 8.42 Å². The Kier molecular flexibility index (Phi) is 7.03. The normalized spacial score (nSPS) is 11.7. The average Bonchev–Trinajstić information content (AvgIpc) is 2.41. The minimum absolute atomic E-state index is 0.143. The lowest BCUT2D eigenvalue weighted by Gasteiger charge is -2.19. The van der Waals surface area contributed by atoms with Crippen LogP contribution in [0.3, 0.4) is 0 Å². The van der Waals surface area contributed by atoms with E-state index in [4.69, 9.17) is 0 Å². The van der Waals surface area contributed by atoms with Gasteiger partial charge in [0, 0.05) is 12.2 Å². The molecule has 0 aromatic heterocycles. The lowest BCUT2D eigenvalue weighted by molar-refractivity contribution is -0.116. The molecule has 5 nitrogen and oxygen atoms in total. The van der Waals surface area contributed by atoms with Crippen LogP contribution in [0.5, 0.6) is 0 Å². The highest BCUT2D eigenvalue weighted by Crippen LogP contribution is 2.16. The summed E-state index contributed by atoms with van der Waals surface area (Å²) >= 11 is 0. The molecular weight excluding hydrogens is 300 g/mol. The maximum absolute atomic E-state index is 12.1. The van der Waals surface area contributed by atoms with Crippen molar-refractivity contribution in [2.24, 2.45) is 0 Å². The number of aryl methyl sites for hydroxylation is 2. The Morgan fingerprint density at radius 2 is 1.91 bits per heavy atom. The van der Waals surface area contributed by atoms with E-state index in [0.29, 0.717) is 6.54 Å². The Bertz CT molecular complexity index is 612. The summed E-state index contributed by atoms with van der Waals surface area (Å²) in [5, 5.41) is 2.80. The zero-order valence-electron chi connectivity index (χ0n) is 13.8. The number of amides is 1. The van der Waals surface area contributed by atoms with Gasteiger partial charge in [-0.05, 0) is 37.5 Å². The molecule has 0 atom stereocenters. The van der Waals surface area contributed by atoms with Gasteiger partial charge in [0.15, 0.2) is 0 Å². The predicted molar refractivity (Wildman–Crippen MR) is 90.5 cm³/mol. The zero-order chi connectivity index (χ0) is 16.8. The fourth-order valence-corrected chi connectivity index (χ4v) is 2.93. The molecule has 1 aromatic rings. The summed E-state index contributed by atoms with van der Waals surface area (Å²) in [6.45, 7) is 6.15. The van der Waals surface area contributed by atoms with Gasteiger partial charge in [0.05, 0.1) is 12.8 Å². The molecule has 0 saturated heterocycles. The van der Waals surface area contributed by atoms with E-state index in [-0.39, 0.29) is 12.5 Å². The number of nitrogens with zero attached hydrogens (tertiary/aromatic N) is 1. The van der Waals surface area contributed by atoms with E-state index < -0.39 is 10.0 Å². The molecule has 1 N–H and O–H groups in total. The van der Waals surface area contributed by atoms with Gasteiger partial charge in [-0.1, -0.05) is 31.9 Å². The minimum atomic E-state index is -3.38. The molecule has 0 fully saturated rings. The number of benzene rings is 1. The first kappa shape index (κ1) is 18.6. The molecule has 0 saturated carbocycles. The molecule has 6 heteroatoms. The third kappa shape index (κ3) is 6.15. The first-order valence-corrected chi connectivity index (χ1v) is 9.41. The van der Waals surface area contributed by atoms with Crippen molar-refractivity contribution in [2.45, 2.75) is 40.0 Å². The number of carbonyl (C=O) groups is 1. The van der Waals surface area contributed by atoms with Crippen molar-refractivity contribution in [3.8, 4) is 0 Å². The van der Waals surface area contributed by atoms with Gasteiger partial charge in [-0.2, -0.15) is 4.31 Å². The molecule has 0 aliphatic carbocycles. The van der Waals surface area contributed by atoms with Gasteiger partial charge in [0.2, 0.25) is 15.9 Å². The third-order valence-electron chi connectivity index (χ3n) is 3.47. The monoisotopic (exact) mass is 326 g/mol. The molecule has 0 spiro atoms. The van der Waals surface area contributed by atoms with Crippen LogP contribution in [0.1, 0.15) is 37.3 Å². The Morgan fingerprint density at radius 1 is 1.23 bits per heavy atom. The van der Waals surface area contributed by atoms with Crippen molar-refractivity contribution in [1.29, 1.82) is 0 Å². The summed E-state index contributed by atoms with van der Waals surface area (Å²) < 4.78 is 24.8. The van der Waals surface area contributed by atoms with Gasteiger partial charge in [-0.15, -0.1) is 0 Å². The lowest BCUT2D eigenvalue weighted by Crippen LogP contribution is -2.38. The second-order valence-electron chi connectivity index (χ2n) is 5.67. The first-order valence-electron chi connectivity index (χ1n) is 7.56. The predicted octanol–water partition coefficient (Wildman–Crippen LogP) is 2.69. The van der Waals surface area contributed by atoms with E-state index in [1.54, 1.807) is 0 Å². The van der Waals surface area contributed by atoms with Gasteiger partial charge < -0.3 is 5.32 Å². The first-order chi connectivity index (χ1) is 10.2. The molecule has 0 aliphatic rings. The largest absolute Gasteiger partial charge is 0.325 e. The SMILES string of the molecule is CCCCCN(CC(=O)Nc1cc(C)ccc1C)S(C)(=O)=O. The molecule has 0 aliphatic heterocycles. The van der Waals surface area contributed by atoms with Crippen LogP contribution < -0.4 is 5.32 Å². The molecule has 0 heterocycles. The van der Waals surface area contributed by atoms with Crippen LogP contribution in [-0.2, 0) is 14.8 Å². The number of rotatable bonds is 8. The quantitative estimate of drug-likeness (QED) is 0.747. The summed E-state index contributed by atoms with van der Waals surface area (Å²) in [4.78, 5) is 12.1. The molecule has 1 rings (SSSR count). The molecule has 0 unspecified atom stereocenters. The van der Waals surface area contributed by atoms with Crippen LogP contribution in [0.15, 0.2) is 18.2 Å². The maximum Gasteiger partial charge on any atom is 0.239 e. The third-order valence-corrected chi connectivity index (χ3v) is 4.72. The smallest absolute Gasteiger partial charge is 0.239 e. The fraction of sp³-hybridized carbons (Fsp3) is 0.562. The van der Waals surface area contributed by atoms with Gasteiger partial charge in [-0.3, -0.25) is 4.79 Å². The van der Waals surface area contributed by atoms with Crippen molar-refractivity contribution in [3.63, 3.8) is 0 Å². The van der Waals surface area contributed by atoms with Crippen molar-refractivity contribution in [2.75, 3.05) is 24.7 Å². The summed E-state index contributed by atoms with van der Waals surface area (Å²) in [7, 11) is -3.38. The van der Waals surface area contributed by atoms with E-state index in [1.807, 2.05) is 32.0 Å². The number of hydrogen-bond donors (Lipinski definition) is 1. The number of sulfonamides is 1. The van der Waals surface area contributed by atoms with Crippen molar-refractivity contribution in [3.05, 3.63) is 29.3 Å². The Morgan fingerprint density at radius 3 is 2.50 bits per heavy atom. The van der Waals surface area contributed by atoms with Crippen molar-refractivity contribution >= 4 is 21.6 Å². The Balaban J connectivity index is 2.72. The van der Waals surface area contributed by atoms with E-state index in [0.717, 1.165) is 42.3 Å². The second-order valence-corrected chi connectivity index (χ2v) is 7.65. The van der Waals surface area contributed by atoms with Crippen LogP contribution in [-0.4, -0.2) is 38.0 Å². The molecule has 124 valence electrons. The Labute approximate surface area is 133 Å². The van der Waals surface area contributed by atoms with E-state index >= 15 is 0 Å². The molecule has 1 aromatic carbocycles. The number of nitrogens with one attached hydrogen (secondary N) is 1. The Hall–Kier alpha value is -1.40. The van der Waals surface area contributed by atoms with Crippen LogP contribution in [0.25, 0.3) is 0 Å². The highest BCUT2D eigenvalue weighted by Gasteiger charge is 2.19. The topological polar surface area (TPSA) is 66.5 Å². The van der Waals surface area contributed by atoms with E-state index in [1.165, 1.54) is 4.31 Å². The lowest BCUT2D eigenvalue weighted by atomic mass is 10.1. The molecule has 22 heavy (non-hydrogen) atoms. The van der Waals surface area contributed by atoms with E-state index in [2.05, 4.69) is 12.2 Å².